The van der Waals surface area contributed by atoms with Crippen molar-refractivity contribution >= 4 is 23.0 Å². The van der Waals surface area contributed by atoms with Crippen LogP contribution in [0.25, 0.3) is 0 Å². The molecule has 0 bridgehead atoms. The van der Waals surface area contributed by atoms with Crippen molar-refractivity contribution < 1.29 is 4.74 Å². The number of H-pyrrole nitrogens is 1. The molecule has 2 aromatic rings. The molecule has 6 nitrogen and oxygen atoms in total. The number of benzene rings is 1. The summed E-state index contributed by atoms with van der Waals surface area (Å²) in [5, 5.41) is 10.1. The standard InChI is InChI=1S/C15H17ClN4O2/c1-9(2)22-12-6-4-11(5-7-12)10(3)18-19-13-8-17-20-15(21)14(13)16/h4-9H,1-3H3,(H2,19,20,21)/b18-10-. The second-order valence-electron chi connectivity index (χ2n) is 4.93. The molecule has 0 saturated carbocycles. The Balaban J connectivity index is 2.12. The van der Waals surface area contributed by atoms with Gasteiger partial charge in [-0.05, 0) is 50.6 Å². The number of aromatic amines is 1. The number of rotatable bonds is 5. The van der Waals surface area contributed by atoms with Gasteiger partial charge in [-0.15, -0.1) is 0 Å². The quantitative estimate of drug-likeness (QED) is 0.655. The summed E-state index contributed by atoms with van der Waals surface area (Å²) in [6, 6.07) is 7.60. The summed E-state index contributed by atoms with van der Waals surface area (Å²) in [6.07, 6.45) is 1.54. The summed E-state index contributed by atoms with van der Waals surface area (Å²) in [7, 11) is 0. The normalized spacial score (nSPS) is 11.6. The lowest BCUT2D eigenvalue weighted by Gasteiger charge is -2.10. The molecule has 0 saturated heterocycles. The lowest BCUT2D eigenvalue weighted by atomic mass is 10.1. The topological polar surface area (TPSA) is 79.4 Å². The summed E-state index contributed by atoms with van der Waals surface area (Å²) in [4.78, 5) is 11.3. The maximum absolute atomic E-state index is 11.3. The van der Waals surface area contributed by atoms with Gasteiger partial charge in [0, 0.05) is 0 Å². The fourth-order valence-corrected chi connectivity index (χ4v) is 1.85. The second-order valence-corrected chi connectivity index (χ2v) is 5.30. The molecule has 2 rings (SSSR count). The van der Waals surface area contributed by atoms with Crippen LogP contribution >= 0.6 is 11.6 Å². The van der Waals surface area contributed by atoms with Gasteiger partial charge in [0.2, 0.25) is 0 Å². The van der Waals surface area contributed by atoms with E-state index < -0.39 is 5.56 Å². The lowest BCUT2D eigenvalue weighted by Crippen LogP contribution is -2.10. The fraction of sp³-hybridized carbons (Fsp3) is 0.267. The Morgan fingerprint density at radius 2 is 2.05 bits per heavy atom. The molecule has 22 heavy (non-hydrogen) atoms. The zero-order valence-electron chi connectivity index (χ0n) is 12.6. The van der Waals surface area contributed by atoms with Crippen LogP contribution in [0.1, 0.15) is 26.3 Å². The zero-order valence-corrected chi connectivity index (χ0v) is 13.3. The third-order valence-corrected chi connectivity index (χ3v) is 3.16. The van der Waals surface area contributed by atoms with Crippen LogP contribution in [-0.4, -0.2) is 22.0 Å². The first-order valence-electron chi connectivity index (χ1n) is 6.78. The maximum atomic E-state index is 11.3. The molecule has 0 aliphatic carbocycles. The van der Waals surface area contributed by atoms with Gasteiger partial charge in [0.15, 0.2) is 0 Å². The Morgan fingerprint density at radius 1 is 1.36 bits per heavy atom. The molecule has 0 radical (unpaired) electrons. The molecular weight excluding hydrogens is 304 g/mol. The molecule has 0 spiro atoms. The number of anilines is 1. The van der Waals surface area contributed by atoms with E-state index in [0.29, 0.717) is 5.69 Å². The van der Waals surface area contributed by atoms with Crippen LogP contribution in [-0.2, 0) is 0 Å². The Kier molecular flexibility index (Phi) is 5.16. The minimum absolute atomic E-state index is 0.0206. The smallest absolute Gasteiger partial charge is 0.285 e. The molecule has 0 fully saturated rings. The second kappa shape index (κ2) is 7.09. The van der Waals surface area contributed by atoms with E-state index in [9.17, 15) is 4.79 Å². The molecule has 1 heterocycles. The van der Waals surface area contributed by atoms with Gasteiger partial charge < -0.3 is 4.74 Å². The number of aromatic nitrogens is 2. The summed E-state index contributed by atoms with van der Waals surface area (Å²) < 4.78 is 5.59. The Bertz CT molecular complexity index is 723. The van der Waals surface area contributed by atoms with Crippen LogP contribution in [0.5, 0.6) is 5.75 Å². The van der Waals surface area contributed by atoms with Gasteiger partial charge in [-0.25, -0.2) is 5.10 Å². The van der Waals surface area contributed by atoms with Crippen molar-refractivity contribution in [1.29, 1.82) is 0 Å². The van der Waals surface area contributed by atoms with E-state index in [1.165, 1.54) is 6.20 Å². The average Bonchev–Trinajstić information content (AvgIpc) is 2.48. The average molecular weight is 321 g/mol. The highest BCUT2D eigenvalue weighted by atomic mass is 35.5. The van der Waals surface area contributed by atoms with E-state index in [0.717, 1.165) is 17.0 Å². The third-order valence-electron chi connectivity index (χ3n) is 2.78. The van der Waals surface area contributed by atoms with Gasteiger partial charge in [-0.2, -0.15) is 10.2 Å². The SMILES string of the molecule is C/C(=N/Nc1cn[nH]c(=O)c1Cl)c1ccc(OC(C)C)cc1. The predicted octanol–water partition coefficient (Wildman–Crippen LogP) is 3.05. The lowest BCUT2D eigenvalue weighted by molar-refractivity contribution is 0.242. The number of ether oxygens (including phenoxy) is 1. The van der Waals surface area contributed by atoms with Gasteiger partial charge in [0.1, 0.15) is 16.5 Å². The molecule has 0 atom stereocenters. The summed E-state index contributed by atoms with van der Waals surface area (Å²) in [5.74, 6) is 0.807. The minimum atomic E-state index is -0.463. The van der Waals surface area contributed by atoms with Gasteiger partial charge in [0.25, 0.3) is 5.56 Å². The Labute approximate surface area is 133 Å². The monoisotopic (exact) mass is 320 g/mol. The zero-order chi connectivity index (χ0) is 16.1. The molecule has 0 aliphatic heterocycles. The van der Waals surface area contributed by atoms with Crippen LogP contribution < -0.4 is 15.7 Å². The molecular formula is C15H17ClN4O2. The molecule has 0 unspecified atom stereocenters. The number of nitrogens with zero attached hydrogens (tertiary/aromatic N) is 2. The van der Waals surface area contributed by atoms with E-state index in [2.05, 4.69) is 20.7 Å². The number of nitrogens with one attached hydrogen (secondary N) is 2. The highest BCUT2D eigenvalue weighted by Crippen LogP contribution is 2.16. The highest BCUT2D eigenvalue weighted by molar-refractivity contribution is 6.32. The van der Waals surface area contributed by atoms with Crippen molar-refractivity contribution in [2.75, 3.05) is 5.43 Å². The molecule has 116 valence electrons. The first-order valence-corrected chi connectivity index (χ1v) is 7.15. The Hall–Kier alpha value is -2.34. The van der Waals surface area contributed by atoms with Crippen molar-refractivity contribution in [1.82, 2.24) is 10.2 Å². The molecule has 1 aromatic carbocycles. The van der Waals surface area contributed by atoms with Gasteiger partial charge in [-0.1, -0.05) is 11.6 Å². The third kappa shape index (κ3) is 4.08. The predicted molar refractivity (Wildman–Crippen MR) is 87.9 cm³/mol. The van der Waals surface area contributed by atoms with E-state index >= 15 is 0 Å². The van der Waals surface area contributed by atoms with Crippen LogP contribution in [0, 0.1) is 0 Å². The highest BCUT2D eigenvalue weighted by Gasteiger charge is 2.05. The first-order chi connectivity index (χ1) is 10.5. The van der Waals surface area contributed by atoms with Crippen LogP contribution in [0.3, 0.4) is 0 Å². The minimum Gasteiger partial charge on any atom is -0.491 e. The van der Waals surface area contributed by atoms with Crippen molar-refractivity contribution in [3.63, 3.8) is 0 Å². The number of halogens is 1. The van der Waals surface area contributed by atoms with Crippen molar-refractivity contribution in [2.45, 2.75) is 26.9 Å². The number of hydrazone groups is 1. The molecule has 2 N–H and O–H groups in total. The molecule has 7 heteroatoms. The van der Waals surface area contributed by atoms with Crippen molar-refractivity contribution in [2.24, 2.45) is 5.10 Å². The molecule has 1 aromatic heterocycles. The van der Waals surface area contributed by atoms with Crippen molar-refractivity contribution in [3.05, 3.63) is 51.4 Å². The van der Waals surface area contributed by atoms with E-state index in [1.807, 2.05) is 45.0 Å². The van der Waals surface area contributed by atoms with E-state index in [1.54, 1.807) is 0 Å². The first kappa shape index (κ1) is 16.0. The summed E-state index contributed by atoms with van der Waals surface area (Å²) >= 11 is 5.86. The maximum Gasteiger partial charge on any atom is 0.285 e. The number of hydrogen-bond donors (Lipinski definition) is 2. The Morgan fingerprint density at radius 3 is 2.68 bits per heavy atom. The molecule has 0 aliphatic rings. The van der Waals surface area contributed by atoms with Gasteiger partial charge in [-0.3, -0.25) is 10.2 Å². The fourth-order valence-electron chi connectivity index (χ4n) is 1.72. The summed E-state index contributed by atoms with van der Waals surface area (Å²) in [5.41, 5.74) is 4.30. The van der Waals surface area contributed by atoms with Crippen molar-refractivity contribution in [3.8, 4) is 5.75 Å². The van der Waals surface area contributed by atoms with Crippen LogP contribution in [0.2, 0.25) is 5.02 Å². The largest absolute Gasteiger partial charge is 0.491 e. The van der Waals surface area contributed by atoms with Gasteiger partial charge >= 0.3 is 0 Å². The van der Waals surface area contributed by atoms with E-state index in [4.69, 9.17) is 16.3 Å². The van der Waals surface area contributed by atoms with Gasteiger partial charge in [0.05, 0.1) is 18.0 Å². The molecule has 0 amide bonds. The van der Waals surface area contributed by atoms with Crippen LogP contribution in [0.4, 0.5) is 5.69 Å². The summed E-state index contributed by atoms with van der Waals surface area (Å²) in [6.45, 7) is 5.80. The van der Waals surface area contributed by atoms with Crippen LogP contribution in [0.15, 0.2) is 40.4 Å². The number of hydrogen-bond acceptors (Lipinski definition) is 5. The van der Waals surface area contributed by atoms with E-state index in [-0.39, 0.29) is 11.1 Å².